The number of hydrogen-bond donors (Lipinski definition) is 1. The molecule has 0 fully saturated rings. The molecule has 28 heavy (non-hydrogen) atoms. The van der Waals surface area contributed by atoms with E-state index < -0.39 is 0 Å². The van der Waals surface area contributed by atoms with Crippen LogP contribution in [0, 0.1) is 0 Å². The van der Waals surface area contributed by atoms with Crippen LogP contribution in [0.4, 0.5) is 11.4 Å². The molecule has 1 aliphatic heterocycles. The van der Waals surface area contributed by atoms with Gasteiger partial charge in [-0.25, -0.2) is 0 Å². The van der Waals surface area contributed by atoms with Crippen molar-refractivity contribution in [2.24, 2.45) is 0 Å². The van der Waals surface area contributed by atoms with Crippen molar-refractivity contribution in [1.82, 2.24) is 4.90 Å². The van der Waals surface area contributed by atoms with E-state index >= 15 is 0 Å². The number of rotatable bonds is 8. The lowest BCUT2D eigenvalue weighted by atomic mass is 10.1. The van der Waals surface area contributed by atoms with Crippen LogP contribution in [-0.2, 0) is 11.2 Å². The summed E-state index contributed by atoms with van der Waals surface area (Å²) in [6.07, 6.45) is 4.25. The highest BCUT2D eigenvalue weighted by atomic mass is 16.2. The Labute approximate surface area is 166 Å². The maximum absolute atomic E-state index is 13.0. The van der Waals surface area contributed by atoms with Gasteiger partial charge < -0.3 is 15.1 Å². The van der Waals surface area contributed by atoms with E-state index in [1.807, 2.05) is 35.2 Å². The number of carbonyl (C=O) groups is 2. The molecule has 144 valence electrons. The van der Waals surface area contributed by atoms with E-state index in [9.17, 15) is 9.59 Å². The first-order valence-electron chi connectivity index (χ1n) is 9.37. The first kappa shape index (κ1) is 19.4. The third kappa shape index (κ3) is 4.31. The van der Waals surface area contributed by atoms with Crippen LogP contribution in [0.25, 0.3) is 0 Å². The fourth-order valence-electron chi connectivity index (χ4n) is 3.35. The van der Waals surface area contributed by atoms with Gasteiger partial charge in [0.15, 0.2) is 0 Å². The van der Waals surface area contributed by atoms with Crippen LogP contribution >= 0.6 is 0 Å². The molecule has 0 unspecified atom stereocenters. The molecule has 2 amide bonds. The fraction of sp³-hybridized carbons (Fsp3) is 0.217. The number of fused-ring (bicyclic) bond motifs is 1. The van der Waals surface area contributed by atoms with Crippen LogP contribution in [-0.4, -0.2) is 42.9 Å². The topological polar surface area (TPSA) is 52.7 Å². The Bertz CT molecular complexity index is 881. The quantitative estimate of drug-likeness (QED) is 0.719. The highest BCUT2D eigenvalue weighted by Crippen LogP contribution is 2.29. The van der Waals surface area contributed by atoms with E-state index in [4.69, 9.17) is 0 Å². The number of nitrogens with one attached hydrogen (secondary N) is 1. The zero-order valence-electron chi connectivity index (χ0n) is 15.9. The van der Waals surface area contributed by atoms with Gasteiger partial charge in [0.25, 0.3) is 5.91 Å². The van der Waals surface area contributed by atoms with Crippen LogP contribution < -0.4 is 10.2 Å². The Balaban J connectivity index is 1.67. The van der Waals surface area contributed by atoms with Gasteiger partial charge in [-0.15, -0.1) is 13.2 Å². The summed E-state index contributed by atoms with van der Waals surface area (Å²) < 4.78 is 0. The number of benzene rings is 2. The molecule has 5 heteroatoms. The van der Waals surface area contributed by atoms with E-state index in [0.717, 1.165) is 17.8 Å². The minimum atomic E-state index is -0.0509. The third-order valence-electron chi connectivity index (χ3n) is 4.74. The van der Waals surface area contributed by atoms with E-state index in [1.165, 1.54) is 5.56 Å². The zero-order chi connectivity index (χ0) is 19.9. The average molecular weight is 375 g/mol. The molecular formula is C23H25N3O2. The van der Waals surface area contributed by atoms with Crippen molar-refractivity contribution in [3.05, 3.63) is 85.0 Å². The molecule has 1 N–H and O–H groups in total. The smallest absolute Gasteiger partial charge is 0.258 e. The molecule has 0 aromatic heterocycles. The van der Waals surface area contributed by atoms with E-state index in [1.54, 1.807) is 29.2 Å². The lowest BCUT2D eigenvalue weighted by molar-refractivity contribution is -0.128. The van der Waals surface area contributed by atoms with Crippen molar-refractivity contribution < 1.29 is 9.59 Å². The second-order valence-electron chi connectivity index (χ2n) is 6.65. The second-order valence-corrected chi connectivity index (χ2v) is 6.65. The minimum Gasteiger partial charge on any atom is -0.376 e. The molecule has 5 nitrogen and oxygen atoms in total. The Morgan fingerprint density at radius 3 is 2.57 bits per heavy atom. The van der Waals surface area contributed by atoms with Crippen molar-refractivity contribution in [2.45, 2.75) is 6.42 Å². The molecule has 0 spiro atoms. The molecule has 0 saturated heterocycles. The van der Waals surface area contributed by atoms with E-state index in [2.05, 4.69) is 24.5 Å². The van der Waals surface area contributed by atoms with Crippen LogP contribution in [0.3, 0.4) is 0 Å². The SMILES string of the molecule is C=CCN(CC=C)C(=O)CNc1cccc(C(=O)N2CCc3ccccc32)c1. The van der Waals surface area contributed by atoms with Crippen molar-refractivity contribution in [2.75, 3.05) is 36.4 Å². The number of para-hydroxylation sites is 1. The molecule has 0 radical (unpaired) electrons. The highest BCUT2D eigenvalue weighted by Gasteiger charge is 2.25. The van der Waals surface area contributed by atoms with Crippen LogP contribution in [0.1, 0.15) is 15.9 Å². The average Bonchev–Trinajstić information content (AvgIpc) is 3.15. The predicted octanol–water partition coefficient (Wildman–Crippen LogP) is 3.50. The third-order valence-corrected chi connectivity index (χ3v) is 4.74. The summed E-state index contributed by atoms with van der Waals surface area (Å²) in [5.74, 6) is -0.0788. The van der Waals surface area contributed by atoms with Gasteiger partial charge in [-0.05, 0) is 36.2 Å². The van der Waals surface area contributed by atoms with E-state index in [0.29, 0.717) is 25.2 Å². The number of nitrogens with zero attached hydrogens (tertiary/aromatic N) is 2. The largest absolute Gasteiger partial charge is 0.376 e. The molecule has 0 saturated carbocycles. The maximum Gasteiger partial charge on any atom is 0.258 e. The predicted molar refractivity (Wildman–Crippen MR) is 114 cm³/mol. The normalized spacial score (nSPS) is 12.2. The van der Waals surface area contributed by atoms with Gasteiger partial charge in [0.05, 0.1) is 6.54 Å². The molecule has 0 aliphatic carbocycles. The number of hydrogen-bond acceptors (Lipinski definition) is 3. The van der Waals surface area contributed by atoms with Crippen LogP contribution in [0.15, 0.2) is 73.8 Å². The van der Waals surface area contributed by atoms with Gasteiger partial charge in [0, 0.05) is 36.6 Å². The maximum atomic E-state index is 13.0. The lowest BCUT2D eigenvalue weighted by Crippen LogP contribution is -2.35. The van der Waals surface area contributed by atoms with Gasteiger partial charge >= 0.3 is 0 Å². The Morgan fingerprint density at radius 1 is 1.07 bits per heavy atom. The molecule has 0 atom stereocenters. The van der Waals surface area contributed by atoms with Crippen molar-refractivity contribution in [3.63, 3.8) is 0 Å². The highest BCUT2D eigenvalue weighted by molar-refractivity contribution is 6.07. The first-order chi connectivity index (χ1) is 13.6. The number of carbonyl (C=O) groups excluding carboxylic acids is 2. The Hall–Kier alpha value is -3.34. The monoisotopic (exact) mass is 375 g/mol. The van der Waals surface area contributed by atoms with Gasteiger partial charge in [0.1, 0.15) is 0 Å². The zero-order valence-corrected chi connectivity index (χ0v) is 15.9. The minimum absolute atomic E-state index is 0.0279. The first-order valence-corrected chi connectivity index (χ1v) is 9.37. The lowest BCUT2D eigenvalue weighted by Gasteiger charge is -2.20. The standard InChI is InChI=1S/C23H25N3O2/c1-3-13-25(14-4-2)22(27)17-24-20-10-7-9-19(16-20)23(28)26-15-12-18-8-5-6-11-21(18)26/h3-11,16,24H,1-2,12-15,17H2. The molecule has 0 bridgehead atoms. The fourth-order valence-corrected chi connectivity index (χ4v) is 3.35. The Morgan fingerprint density at radius 2 is 1.82 bits per heavy atom. The summed E-state index contributed by atoms with van der Waals surface area (Å²) in [6, 6.07) is 15.3. The molecular weight excluding hydrogens is 350 g/mol. The summed E-state index contributed by atoms with van der Waals surface area (Å²) in [6.45, 7) is 9.13. The summed E-state index contributed by atoms with van der Waals surface area (Å²) in [5.41, 5.74) is 3.51. The molecule has 3 rings (SSSR count). The molecule has 1 aliphatic rings. The number of anilines is 2. The van der Waals surface area contributed by atoms with Gasteiger partial charge in [0.2, 0.25) is 5.91 Å². The molecule has 1 heterocycles. The van der Waals surface area contributed by atoms with Gasteiger partial charge in [-0.1, -0.05) is 36.4 Å². The Kier molecular flexibility index (Phi) is 6.27. The molecule has 2 aromatic carbocycles. The van der Waals surface area contributed by atoms with Crippen molar-refractivity contribution >= 4 is 23.2 Å². The summed E-state index contributed by atoms with van der Waals surface area (Å²) >= 11 is 0. The van der Waals surface area contributed by atoms with Crippen LogP contribution in [0.5, 0.6) is 0 Å². The summed E-state index contributed by atoms with van der Waals surface area (Å²) in [7, 11) is 0. The van der Waals surface area contributed by atoms with Crippen LogP contribution in [0.2, 0.25) is 0 Å². The van der Waals surface area contributed by atoms with Crippen molar-refractivity contribution in [1.29, 1.82) is 0 Å². The summed E-state index contributed by atoms with van der Waals surface area (Å²) in [4.78, 5) is 28.8. The van der Waals surface area contributed by atoms with E-state index in [-0.39, 0.29) is 18.4 Å². The molecule has 2 aromatic rings. The second kappa shape index (κ2) is 9.04. The van der Waals surface area contributed by atoms with Crippen molar-refractivity contribution in [3.8, 4) is 0 Å². The number of amides is 2. The summed E-state index contributed by atoms with van der Waals surface area (Å²) in [5, 5.41) is 3.12. The van der Waals surface area contributed by atoms with Gasteiger partial charge in [-0.3, -0.25) is 9.59 Å². The van der Waals surface area contributed by atoms with Gasteiger partial charge in [-0.2, -0.15) is 0 Å².